The second kappa shape index (κ2) is 11.8. The van der Waals surface area contributed by atoms with E-state index in [1.807, 2.05) is 0 Å². The van der Waals surface area contributed by atoms with Crippen molar-refractivity contribution in [3.8, 4) is 0 Å². The Labute approximate surface area is 257 Å². The predicted octanol–water partition coefficient (Wildman–Crippen LogP) is -4.76. The van der Waals surface area contributed by atoms with Crippen molar-refractivity contribution in [3.05, 3.63) is 34.2 Å². The molecule has 2 aliphatic heterocycles. The Bertz CT molecular complexity index is 1520. The Morgan fingerprint density at radius 3 is 2.72 bits per heavy atom. The fourth-order valence-corrected chi connectivity index (χ4v) is 7.78. The van der Waals surface area contributed by atoms with E-state index < -0.39 is 40.8 Å². The minimum Gasteiger partial charge on any atom is -0.543 e. The van der Waals surface area contributed by atoms with Gasteiger partial charge >= 0.3 is 29.6 Å². The topological polar surface area (TPSA) is 234 Å². The first kappa shape index (κ1) is 29.3. The maximum Gasteiger partial charge on any atom is 1.00 e. The quantitative estimate of drug-likeness (QED) is 0.0442. The smallest absolute Gasteiger partial charge is 0.543 e. The molecule has 15 nitrogen and oxygen atoms in total. The SMILES string of the molecule is NC(=O)Cc1cn2nc(SCC3=C(C(=O)[O-])N4C(=O)[C@@H](NC(=O)/C(=N\O)c5csc(N)n5)[C@H]4SC3)sc2n1.[Na+]. The largest absolute Gasteiger partial charge is 1.00 e. The fraction of sp³-hybridized carbons (Fsp3) is 0.263. The molecule has 2 aliphatic rings. The van der Waals surface area contributed by atoms with E-state index in [0.29, 0.717) is 20.6 Å². The molecule has 1 saturated heterocycles. The number of rotatable bonds is 9. The summed E-state index contributed by atoms with van der Waals surface area (Å²) in [7, 11) is 0. The van der Waals surface area contributed by atoms with E-state index in [-0.39, 0.29) is 64.0 Å². The number of aromatic nitrogens is 4. The summed E-state index contributed by atoms with van der Waals surface area (Å²) in [5.41, 5.74) is 11.1. The van der Waals surface area contributed by atoms with Gasteiger partial charge in [-0.1, -0.05) is 28.3 Å². The van der Waals surface area contributed by atoms with Crippen LogP contribution in [0.2, 0.25) is 0 Å². The minimum absolute atomic E-state index is 0. The van der Waals surface area contributed by atoms with Gasteiger partial charge in [-0.25, -0.2) is 14.5 Å². The molecule has 0 unspecified atom stereocenters. The Hall–Kier alpha value is -2.68. The number of carboxylic acids is 1. The van der Waals surface area contributed by atoms with Gasteiger partial charge in [0.25, 0.3) is 11.8 Å². The average molecular weight is 618 g/mol. The zero-order valence-corrected chi connectivity index (χ0v) is 25.2. The summed E-state index contributed by atoms with van der Waals surface area (Å²) in [5.74, 6) is -3.02. The number of aliphatic carboxylic acids is 1. The first-order chi connectivity index (χ1) is 18.2. The number of nitrogen functional groups attached to an aromatic ring is 1. The zero-order chi connectivity index (χ0) is 27.1. The van der Waals surface area contributed by atoms with Crippen LogP contribution in [0.1, 0.15) is 11.4 Å². The summed E-state index contributed by atoms with van der Waals surface area (Å²) in [6.07, 6.45) is 1.59. The van der Waals surface area contributed by atoms with Crippen molar-refractivity contribution in [2.75, 3.05) is 17.2 Å². The standard InChI is InChI=1S/C19H17N9O6S4.Na/c20-9(29)1-7-2-27-18(22-7)38-19(25-27)37-4-6-3-35-15-11(14(31)28(15)12(6)16(32)33)24-13(30)10(26-34)8-5-36-17(21)23-8;/h2,5,11,15,34H,1,3-4H2,(H2,20,29)(H2,21,23)(H,24,30)(H,32,33);/q;+1/p-1/b26-10-;/t11-,15-;/m1./s1. The summed E-state index contributed by atoms with van der Waals surface area (Å²) < 4.78 is 2.12. The van der Waals surface area contributed by atoms with Crippen LogP contribution in [-0.2, 0) is 25.6 Å². The normalized spacial score (nSPS) is 18.9. The van der Waals surface area contributed by atoms with Crippen molar-refractivity contribution in [1.29, 1.82) is 0 Å². The number of thioether (sulfide) groups is 2. The van der Waals surface area contributed by atoms with Crippen LogP contribution in [0.5, 0.6) is 0 Å². The van der Waals surface area contributed by atoms with Crippen LogP contribution in [0.15, 0.2) is 32.3 Å². The molecule has 20 heteroatoms. The van der Waals surface area contributed by atoms with Gasteiger partial charge in [-0.2, -0.15) is 0 Å². The van der Waals surface area contributed by atoms with Crippen molar-refractivity contribution in [1.82, 2.24) is 29.8 Å². The number of nitrogens with zero attached hydrogens (tertiary/aromatic N) is 6. The number of primary amides is 1. The van der Waals surface area contributed by atoms with Crippen LogP contribution in [0, 0.1) is 0 Å². The molecule has 0 radical (unpaired) electrons. The Morgan fingerprint density at radius 2 is 2.10 bits per heavy atom. The Kier molecular flexibility index (Phi) is 8.88. The number of β-lactam (4-membered cyclic amide) rings is 1. The number of amides is 3. The van der Waals surface area contributed by atoms with Crippen LogP contribution in [-0.4, -0.2) is 82.0 Å². The van der Waals surface area contributed by atoms with Gasteiger partial charge < -0.3 is 31.9 Å². The van der Waals surface area contributed by atoms with Gasteiger partial charge in [0.15, 0.2) is 15.2 Å². The third-order valence-corrected chi connectivity index (χ3v) is 9.56. The number of carboxylic acid groups (broad SMARTS) is 1. The Morgan fingerprint density at radius 1 is 1.33 bits per heavy atom. The van der Waals surface area contributed by atoms with E-state index in [0.717, 1.165) is 16.2 Å². The van der Waals surface area contributed by atoms with Crippen LogP contribution >= 0.6 is 46.2 Å². The monoisotopic (exact) mass is 617 g/mol. The van der Waals surface area contributed by atoms with Crippen molar-refractivity contribution >= 4 is 85.7 Å². The second-order valence-electron chi connectivity index (χ2n) is 7.88. The predicted molar refractivity (Wildman–Crippen MR) is 136 cm³/mol. The summed E-state index contributed by atoms with van der Waals surface area (Å²) in [4.78, 5) is 58.4. The number of oxime groups is 1. The molecule has 2 atom stereocenters. The first-order valence-corrected chi connectivity index (χ1v) is 14.3. The number of nitrogens with two attached hydrogens (primary N) is 2. The summed E-state index contributed by atoms with van der Waals surface area (Å²) in [6.45, 7) is 0. The van der Waals surface area contributed by atoms with Gasteiger partial charge in [-0.3, -0.25) is 19.3 Å². The molecule has 0 saturated carbocycles. The molecule has 1 fully saturated rings. The van der Waals surface area contributed by atoms with Gasteiger partial charge in [-0.15, -0.1) is 28.2 Å². The summed E-state index contributed by atoms with van der Waals surface area (Å²) in [5, 5.41) is 32.0. The molecule has 0 spiro atoms. The zero-order valence-electron chi connectivity index (χ0n) is 19.9. The number of hydrogen-bond acceptors (Lipinski definition) is 15. The maximum atomic E-state index is 12.9. The summed E-state index contributed by atoms with van der Waals surface area (Å²) >= 11 is 4.85. The van der Waals surface area contributed by atoms with Crippen molar-refractivity contribution in [2.24, 2.45) is 10.9 Å². The number of nitrogens with one attached hydrogen (secondary N) is 1. The molecule has 0 aliphatic carbocycles. The van der Waals surface area contributed by atoms with Crippen LogP contribution in [0.4, 0.5) is 5.13 Å². The number of carbonyl (C=O) groups excluding carboxylic acids is 4. The molecule has 3 aromatic heterocycles. The number of anilines is 1. The van der Waals surface area contributed by atoms with Gasteiger partial charge in [0.1, 0.15) is 17.1 Å². The van der Waals surface area contributed by atoms with E-state index in [1.165, 1.54) is 44.8 Å². The number of imidazole rings is 1. The van der Waals surface area contributed by atoms with E-state index >= 15 is 0 Å². The Balaban J connectivity index is 0.00000353. The molecule has 0 bridgehead atoms. The fourth-order valence-electron chi connectivity index (χ4n) is 3.80. The molecular weight excluding hydrogens is 602 g/mol. The number of carbonyl (C=O) groups is 4. The number of thiazole rings is 1. The first-order valence-electron chi connectivity index (χ1n) is 10.5. The number of fused-ring (bicyclic) bond motifs is 2. The van der Waals surface area contributed by atoms with Gasteiger partial charge in [0.2, 0.25) is 10.9 Å². The number of hydrogen-bond donors (Lipinski definition) is 4. The van der Waals surface area contributed by atoms with Crippen LogP contribution in [0.3, 0.4) is 0 Å². The van der Waals surface area contributed by atoms with Crippen molar-refractivity contribution in [3.63, 3.8) is 0 Å². The molecule has 3 amide bonds. The molecule has 0 aromatic carbocycles. The third-order valence-electron chi connectivity index (χ3n) is 5.41. The van der Waals surface area contributed by atoms with Crippen LogP contribution < -0.4 is 51.4 Å². The molecular formula is C19H16N9NaO6S4. The van der Waals surface area contributed by atoms with Gasteiger partial charge in [0.05, 0.1) is 30.0 Å². The minimum atomic E-state index is -1.51. The maximum absolute atomic E-state index is 12.9. The molecule has 39 heavy (non-hydrogen) atoms. The molecule has 5 heterocycles. The van der Waals surface area contributed by atoms with Crippen molar-refractivity contribution < 1.29 is 59.0 Å². The molecule has 198 valence electrons. The average Bonchev–Trinajstić information content (AvgIpc) is 3.55. The van der Waals surface area contributed by atoms with E-state index in [9.17, 15) is 29.5 Å². The van der Waals surface area contributed by atoms with Crippen molar-refractivity contribution in [2.45, 2.75) is 22.2 Å². The third kappa shape index (κ3) is 5.79. The van der Waals surface area contributed by atoms with Gasteiger partial charge in [-0.05, 0) is 5.57 Å². The van der Waals surface area contributed by atoms with Crippen LogP contribution in [0.25, 0.3) is 4.96 Å². The van der Waals surface area contributed by atoms with Gasteiger partial charge in [0, 0.05) is 16.9 Å². The summed E-state index contributed by atoms with van der Waals surface area (Å²) in [6, 6.07) is -1.04. The second-order valence-corrected chi connectivity index (χ2v) is 12.1. The van der Waals surface area contributed by atoms with E-state index in [1.54, 1.807) is 6.20 Å². The van der Waals surface area contributed by atoms with E-state index in [2.05, 4.69) is 25.5 Å². The molecule has 6 N–H and O–H groups in total. The molecule has 3 aromatic rings. The van der Waals surface area contributed by atoms with E-state index in [4.69, 9.17) is 11.5 Å². The molecule has 5 rings (SSSR count).